The third-order valence-corrected chi connectivity index (χ3v) is 4.54. The fourth-order valence-corrected chi connectivity index (χ4v) is 3.13. The van der Waals surface area contributed by atoms with E-state index >= 15 is 0 Å². The van der Waals surface area contributed by atoms with Gasteiger partial charge < -0.3 is 9.64 Å². The minimum absolute atomic E-state index is 0.0557. The fourth-order valence-electron chi connectivity index (χ4n) is 3.13. The number of amides is 1. The lowest BCUT2D eigenvalue weighted by Crippen LogP contribution is -2.41. The van der Waals surface area contributed by atoms with Crippen LogP contribution in [0.3, 0.4) is 0 Å². The highest BCUT2D eigenvalue weighted by Gasteiger charge is 2.25. The van der Waals surface area contributed by atoms with Gasteiger partial charge in [-0.1, -0.05) is 20.8 Å². The van der Waals surface area contributed by atoms with Crippen LogP contribution in [0, 0.1) is 0 Å². The molecule has 0 aliphatic carbocycles. The van der Waals surface area contributed by atoms with Gasteiger partial charge in [-0.05, 0) is 18.4 Å². The van der Waals surface area contributed by atoms with Gasteiger partial charge in [-0.3, -0.25) is 19.1 Å². The molecular weight excluding hydrogens is 336 g/mol. The molecule has 1 aliphatic heterocycles. The molecule has 1 amide bonds. The number of fused-ring (bicyclic) bond motifs is 1. The maximum Gasteiger partial charge on any atom is 0.329 e. The Bertz CT molecular complexity index is 939. The highest BCUT2D eigenvalue weighted by molar-refractivity contribution is 6.05. The Labute approximate surface area is 150 Å². The van der Waals surface area contributed by atoms with Crippen LogP contribution in [0.5, 0.6) is 0 Å². The van der Waals surface area contributed by atoms with Crippen LogP contribution in [0.15, 0.2) is 15.7 Å². The monoisotopic (exact) mass is 360 g/mol. The van der Waals surface area contributed by atoms with Crippen molar-refractivity contribution in [3.05, 3.63) is 38.2 Å². The third kappa shape index (κ3) is 3.29. The van der Waals surface area contributed by atoms with Crippen molar-refractivity contribution in [3.63, 3.8) is 0 Å². The number of aromatic amines is 1. The van der Waals surface area contributed by atoms with Gasteiger partial charge in [0, 0.05) is 25.3 Å². The van der Waals surface area contributed by atoms with Crippen molar-refractivity contribution < 1.29 is 9.53 Å². The SMILES string of the molecule is CCCn1c(=O)[nH]c(=O)c2c(C(=O)N3CCOCC3)cc(C(C)C)nc21. The molecule has 3 heterocycles. The predicted molar refractivity (Wildman–Crippen MR) is 97.7 cm³/mol. The Morgan fingerprint density at radius 1 is 1.31 bits per heavy atom. The van der Waals surface area contributed by atoms with Gasteiger partial charge in [0.05, 0.1) is 24.2 Å². The smallest absolute Gasteiger partial charge is 0.329 e. The van der Waals surface area contributed by atoms with E-state index in [-0.39, 0.29) is 22.9 Å². The highest BCUT2D eigenvalue weighted by atomic mass is 16.5. The molecule has 140 valence electrons. The first-order valence-electron chi connectivity index (χ1n) is 8.98. The Kier molecular flexibility index (Phi) is 5.22. The highest BCUT2D eigenvalue weighted by Crippen LogP contribution is 2.21. The van der Waals surface area contributed by atoms with Crippen LogP contribution in [0.4, 0.5) is 0 Å². The lowest BCUT2D eigenvalue weighted by atomic mass is 10.0. The molecule has 0 atom stereocenters. The van der Waals surface area contributed by atoms with Crippen LogP contribution in [-0.4, -0.2) is 51.6 Å². The van der Waals surface area contributed by atoms with Crippen molar-refractivity contribution in [3.8, 4) is 0 Å². The predicted octanol–water partition coefficient (Wildman–Crippen LogP) is 1.09. The molecule has 0 unspecified atom stereocenters. The van der Waals surface area contributed by atoms with Crippen molar-refractivity contribution in [2.75, 3.05) is 26.3 Å². The summed E-state index contributed by atoms with van der Waals surface area (Å²) in [6.07, 6.45) is 0.710. The number of H-pyrrole nitrogens is 1. The number of rotatable bonds is 4. The number of hydrogen-bond donors (Lipinski definition) is 1. The summed E-state index contributed by atoms with van der Waals surface area (Å²) in [6, 6.07) is 1.68. The molecule has 1 fully saturated rings. The largest absolute Gasteiger partial charge is 0.378 e. The maximum atomic E-state index is 13.1. The van der Waals surface area contributed by atoms with E-state index in [0.29, 0.717) is 50.5 Å². The van der Waals surface area contributed by atoms with Crippen LogP contribution >= 0.6 is 0 Å². The number of aryl methyl sites for hydroxylation is 1. The Morgan fingerprint density at radius 2 is 2.00 bits per heavy atom. The molecule has 8 heteroatoms. The number of hydrogen-bond acceptors (Lipinski definition) is 5. The van der Waals surface area contributed by atoms with E-state index in [2.05, 4.69) is 9.97 Å². The molecule has 0 saturated carbocycles. The summed E-state index contributed by atoms with van der Waals surface area (Å²) < 4.78 is 6.75. The van der Waals surface area contributed by atoms with Gasteiger partial charge in [0.2, 0.25) is 0 Å². The number of nitrogens with zero attached hydrogens (tertiary/aromatic N) is 3. The molecule has 0 aromatic carbocycles. The summed E-state index contributed by atoms with van der Waals surface area (Å²) >= 11 is 0. The minimum Gasteiger partial charge on any atom is -0.378 e. The van der Waals surface area contributed by atoms with E-state index in [9.17, 15) is 14.4 Å². The van der Waals surface area contributed by atoms with Crippen molar-refractivity contribution in [2.45, 2.75) is 39.7 Å². The standard InChI is InChI=1S/C18H24N4O4/c1-4-5-22-15-14(16(23)20-18(22)25)12(10-13(19-15)11(2)3)17(24)21-6-8-26-9-7-21/h10-11H,4-9H2,1-3H3,(H,20,23,25). The number of carbonyl (C=O) groups excluding carboxylic acids is 1. The number of carbonyl (C=O) groups is 1. The number of morpholine rings is 1. The zero-order chi connectivity index (χ0) is 18.8. The van der Waals surface area contributed by atoms with Crippen LogP contribution in [0.2, 0.25) is 0 Å². The van der Waals surface area contributed by atoms with Crippen molar-refractivity contribution in [1.29, 1.82) is 0 Å². The Hall–Kier alpha value is -2.48. The van der Waals surface area contributed by atoms with E-state index in [0.717, 1.165) is 0 Å². The van der Waals surface area contributed by atoms with Crippen LogP contribution in [0.1, 0.15) is 49.2 Å². The molecule has 2 aromatic rings. The minimum atomic E-state index is -0.572. The summed E-state index contributed by atoms with van der Waals surface area (Å²) in [5.74, 6) is -0.171. The summed E-state index contributed by atoms with van der Waals surface area (Å²) in [5, 5.41) is 0.180. The summed E-state index contributed by atoms with van der Waals surface area (Å²) in [7, 11) is 0. The Balaban J connectivity index is 2.30. The summed E-state index contributed by atoms with van der Waals surface area (Å²) in [4.78, 5) is 46.5. The molecular formula is C18H24N4O4. The van der Waals surface area contributed by atoms with E-state index in [4.69, 9.17) is 4.74 Å². The fraction of sp³-hybridized carbons (Fsp3) is 0.556. The molecule has 2 aromatic heterocycles. The van der Waals surface area contributed by atoms with Gasteiger partial charge in [-0.15, -0.1) is 0 Å². The van der Waals surface area contributed by atoms with E-state index < -0.39 is 11.2 Å². The molecule has 0 radical (unpaired) electrons. The molecule has 0 bridgehead atoms. The molecule has 8 nitrogen and oxygen atoms in total. The Morgan fingerprint density at radius 3 is 2.62 bits per heavy atom. The average Bonchev–Trinajstić information content (AvgIpc) is 2.64. The quantitative estimate of drug-likeness (QED) is 0.880. The first-order chi connectivity index (χ1) is 12.4. The zero-order valence-corrected chi connectivity index (χ0v) is 15.4. The normalized spacial score (nSPS) is 15.0. The zero-order valence-electron chi connectivity index (χ0n) is 15.4. The second kappa shape index (κ2) is 7.41. The number of nitrogens with one attached hydrogen (secondary N) is 1. The molecule has 1 aliphatic rings. The van der Waals surface area contributed by atoms with Crippen molar-refractivity contribution >= 4 is 16.9 Å². The van der Waals surface area contributed by atoms with Gasteiger partial charge in [0.1, 0.15) is 0 Å². The molecule has 26 heavy (non-hydrogen) atoms. The van der Waals surface area contributed by atoms with Crippen molar-refractivity contribution in [2.24, 2.45) is 0 Å². The number of aromatic nitrogens is 3. The van der Waals surface area contributed by atoms with Crippen LogP contribution < -0.4 is 11.2 Å². The summed E-state index contributed by atoms with van der Waals surface area (Å²) in [5.41, 5.74) is 0.193. The van der Waals surface area contributed by atoms with Crippen LogP contribution in [-0.2, 0) is 11.3 Å². The van der Waals surface area contributed by atoms with E-state index in [1.807, 2.05) is 20.8 Å². The van der Waals surface area contributed by atoms with Crippen LogP contribution in [0.25, 0.3) is 11.0 Å². The van der Waals surface area contributed by atoms with E-state index in [1.54, 1.807) is 11.0 Å². The first-order valence-corrected chi connectivity index (χ1v) is 8.98. The molecule has 0 spiro atoms. The second-order valence-corrected chi connectivity index (χ2v) is 6.76. The second-order valence-electron chi connectivity index (χ2n) is 6.76. The summed E-state index contributed by atoms with van der Waals surface area (Å²) in [6.45, 7) is 8.20. The topological polar surface area (TPSA) is 97.3 Å². The third-order valence-electron chi connectivity index (χ3n) is 4.54. The number of pyridine rings is 1. The molecule has 3 rings (SSSR count). The van der Waals surface area contributed by atoms with Gasteiger partial charge >= 0.3 is 5.69 Å². The number of ether oxygens (including phenoxy) is 1. The average molecular weight is 360 g/mol. The van der Waals surface area contributed by atoms with Gasteiger partial charge in [0.25, 0.3) is 11.5 Å². The lowest BCUT2D eigenvalue weighted by molar-refractivity contribution is 0.0304. The van der Waals surface area contributed by atoms with Gasteiger partial charge in [-0.25, -0.2) is 9.78 Å². The lowest BCUT2D eigenvalue weighted by Gasteiger charge is -2.27. The molecule has 1 saturated heterocycles. The molecule has 1 N–H and O–H groups in total. The van der Waals surface area contributed by atoms with Gasteiger partial charge in [0.15, 0.2) is 5.65 Å². The van der Waals surface area contributed by atoms with E-state index in [1.165, 1.54) is 4.57 Å². The first kappa shape index (κ1) is 18.3. The van der Waals surface area contributed by atoms with Crippen molar-refractivity contribution in [1.82, 2.24) is 19.4 Å². The maximum absolute atomic E-state index is 13.1. The van der Waals surface area contributed by atoms with Gasteiger partial charge in [-0.2, -0.15) is 0 Å².